The molecule has 0 unspecified atom stereocenters. The first-order valence-electron chi connectivity index (χ1n) is 10.3. The Balaban J connectivity index is 1.46. The molecule has 8 nitrogen and oxygen atoms in total. The summed E-state index contributed by atoms with van der Waals surface area (Å²) < 4.78 is 54.1. The number of benzene rings is 1. The number of unbranched alkanes of at least 4 members (excludes halogenated alkanes) is 1. The summed E-state index contributed by atoms with van der Waals surface area (Å²) >= 11 is 0. The van der Waals surface area contributed by atoms with Gasteiger partial charge in [-0.15, -0.1) is 0 Å². The second-order valence-electron chi connectivity index (χ2n) is 7.83. The predicted molar refractivity (Wildman–Crippen MR) is 113 cm³/mol. The van der Waals surface area contributed by atoms with Crippen molar-refractivity contribution >= 4 is 20.0 Å². The van der Waals surface area contributed by atoms with E-state index in [1.54, 1.807) is 0 Å². The lowest BCUT2D eigenvalue weighted by atomic mass is 10.2. The Kier molecular flexibility index (Phi) is 7.69. The number of rotatable bonds is 9. The number of hydrogen-bond acceptors (Lipinski definition) is 6. The summed E-state index contributed by atoms with van der Waals surface area (Å²) in [7, 11) is -5.04. The Morgan fingerprint density at radius 2 is 1.41 bits per heavy atom. The molecule has 0 radical (unpaired) electrons. The molecule has 0 amide bonds. The van der Waals surface area contributed by atoms with Gasteiger partial charge in [0.05, 0.1) is 9.79 Å². The topological polar surface area (TPSA) is 90.0 Å². The zero-order chi connectivity index (χ0) is 20.9. The van der Waals surface area contributed by atoms with Crippen molar-refractivity contribution in [3.05, 3.63) is 24.3 Å². The van der Waals surface area contributed by atoms with Crippen molar-refractivity contribution in [3.8, 4) is 0 Å². The van der Waals surface area contributed by atoms with Crippen LogP contribution in [0.1, 0.15) is 25.7 Å². The Hall–Kier alpha value is -1.04. The third-order valence-corrected chi connectivity index (χ3v) is 9.02. The Morgan fingerprint density at radius 1 is 0.828 bits per heavy atom. The van der Waals surface area contributed by atoms with Crippen LogP contribution in [0.15, 0.2) is 34.1 Å². The lowest BCUT2D eigenvalue weighted by Crippen LogP contribution is -2.44. The smallest absolute Gasteiger partial charge is 0.243 e. The van der Waals surface area contributed by atoms with Crippen molar-refractivity contribution in [2.75, 3.05) is 59.4 Å². The quantitative estimate of drug-likeness (QED) is 0.566. The van der Waals surface area contributed by atoms with Crippen molar-refractivity contribution in [1.29, 1.82) is 0 Å². The molecule has 0 bridgehead atoms. The van der Waals surface area contributed by atoms with Crippen LogP contribution >= 0.6 is 0 Å². The summed E-state index contributed by atoms with van der Waals surface area (Å²) in [6.07, 6.45) is 3.45. The molecule has 10 heteroatoms. The van der Waals surface area contributed by atoms with E-state index in [-0.39, 0.29) is 9.79 Å². The second kappa shape index (κ2) is 9.84. The predicted octanol–water partition coefficient (Wildman–Crippen LogP) is 0.777. The molecule has 0 spiro atoms. The zero-order valence-electron chi connectivity index (χ0n) is 17.1. The summed E-state index contributed by atoms with van der Waals surface area (Å²) in [6, 6.07) is 5.51. The van der Waals surface area contributed by atoms with Crippen LogP contribution in [0.25, 0.3) is 0 Å². The first-order chi connectivity index (χ1) is 13.8. The summed E-state index contributed by atoms with van der Waals surface area (Å²) in [4.78, 5) is 4.96. The average Bonchev–Trinajstić information content (AvgIpc) is 3.25. The van der Waals surface area contributed by atoms with E-state index in [1.807, 2.05) is 0 Å². The number of nitrogens with one attached hydrogen (secondary N) is 1. The summed E-state index contributed by atoms with van der Waals surface area (Å²) in [5, 5.41) is 0. The molecule has 2 aliphatic rings. The molecule has 1 aromatic rings. The number of piperazine rings is 1. The lowest BCUT2D eigenvalue weighted by molar-refractivity contribution is 0.152. The first kappa shape index (κ1) is 22.6. The van der Waals surface area contributed by atoms with Gasteiger partial charge in [-0.05, 0) is 63.5 Å². The standard InChI is InChI=1S/C19H32N4O4S2/c1-21-14-16-22(17-15-21)11-3-2-10-20-28(24,25)18-6-8-19(9-7-18)29(26,27)23-12-4-5-13-23/h6-9,20H,2-5,10-17H2,1H3. The van der Waals surface area contributed by atoms with Crippen LogP contribution in [0.3, 0.4) is 0 Å². The molecule has 1 aromatic carbocycles. The van der Waals surface area contributed by atoms with Gasteiger partial charge in [0.25, 0.3) is 0 Å². The first-order valence-corrected chi connectivity index (χ1v) is 13.2. The van der Waals surface area contributed by atoms with Gasteiger partial charge in [0.2, 0.25) is 20.0 Å². The van der Waals surface area contributed by atoms with Crippen LogP contribution < -0.4 is 4.72 Å². The Labute approximate surface area is 175 Å². The fraction of sp³-hybridized carbons (Fsp3) is 0.684. The summed E-state index contributed by atoms with van der Waals surface area (Å²) in [5.41, 5.74) is 0. The SMILES string of the molecule is CN1CCN(CCCCNS(=O)(=O)c2ccc(S(=O)(=O)N3CCCC3)cc2)CC1. The van der Waals surface area contributed by atoms with Crippen LogP contribution in [0.5, 0.6) is 0 Å². The minimum atomic E-state index is -3.63. The molecular weight excluding hydrogens is 412 g/mol. The van der Waals surface area contributed by atoms with Gasteiger partial charge in [-0.1, -0.05) is 0 Å². The maximum atomic E-state index is 12.5. The highest BCUT2D eigenvalue weighted by molar-refractivity contribution is 7.89. The van der Waals surface area contributed by atoms with E-state index >= 15 is 0 Å². The van der Waals surface area contributed by atoms with Gasteiger partial charge >= 0.3 is 0 Å². The molecule has 0 atom stereocenters. The third kappa shape index (κ3) is 5.99. The fourth-order valence-electron chi connectivity index (χ4n) is 3.69. The molecule has 2 aliphatic heterocycles. The molecule has 0 aliphatic carbocycles. The summed E-state index contributed by atoms with van der Waals surface area (Å²) in [6.45, 7) is 6.70. The molecular formula is C19H32N4O4S2. The van der Waals surface area contributed by atoms with Crippen LogP contribution in [-0.2, 0) is 20.0 Å². The number of nitrogens with zero attached hydrogens (tertiary/aromatic N) is 3. The lowest BCUT2D eigenvalue weighted by Gasteiger charge is -2.32. The van der Waals surface area contributed by atoms with E-state index in [0.717, 1.165) is 58.4 Å². The van der Waals surface area contributed by atoms with Gasteiger partial charge in [0.15, 0.2) is 0 Å². The minimum absolute atomic E-state index is 0.0944. The highest BCUT2D eigenvalue weighted by atomic mass is 32.2. The largest absolute Gasteiger partial charge is 0.304 e. The maximum absolute atomic E-state index is 12.5. The highest BCUT2D eigenvalue weighted by Gasteiger charge is 2.27. The van der Waals surface area contributed by atoms with Gasteiger partial charge in [0, 0.05) is 45.8 Å². The molecule has 2 saturated heterocycles. The monoisotopic (exact) mass is 444 g/mol. The van der Waals surface area contributed by atoms with E-state index in [1.165, 1.54) is 28.6 Å². The number of likely N-dealkylation sites (N-methyl/N-ethyl adjacent to an activating group) is 1. The highest BCUT2D eigenvalue weighted by Crippen LogP contribution is 2.22. The normalized spacial score (nSPS) is 20.3. The molecule has 3 rings (SSSR count). The van der Waals surface area contributed by atoms with Crippen LogP contribution in [0.4, 0.5) is 0 Å². The van der Waals surface area contributed by atoms with E-state index < -0.39 is 20.0 Å². The molecule has 2 fully saturated rings. The molecule has 2 heterocycles. The van der Waals surface area contributed by atoms with Crippen LogP contribution in [-0.4, -0.2) is 90.3 Å². The minimum Gasteiger partial charge on any atom is -0.304 e. The maximum Gasteiger partial charge on any atom is 0.243 e. The van der Waals surface area contributed by atoms with Gasteiger partial charge in [0.1, 0.15) is 0 Å². The fourth-order valence-corrected chi connectivity index (χ4v) is 6.28. The van der Waals surface area contributed by atoms with Crippen LogP contribution in [0.2, 0.25) is 0 Å². The van der Waals surface area contributed by atoms with Gasteiger partial charge in [-0.2, -0.15) is 4.31 Å². The van der Waals surface area contributed by atoms with E-state index in [0.29, 0.717) is 19.6 Å². The molecule has 0 aromatic heterocycles. The van der Waals surface area contributed by atoms with Crippen molar-refractivity contribution in [3.63, 3.8) is 0 Å². The number of hydrogen-bond donors (Lipinski definition) is 1. The Bertz CT molecular complexity index is 858. The van der Waals surface area contributed by atoms with Crippen molar-refractivity contribution in [2.45, 2.75) is 35.5 Å². The van der Waals surface area contributed by atoms with Gasteiger partial charge in [-0.25, -0.2) is 21.6 Å². The Morgan fingerprint density at radius 3 is 2.03 bits per heavy atom. The average molecular weight is 445 g/mol. The molecule has 164 valence electrons. The van der Waals surface area contributed by atoms with E-state index in [9.17, 15) is 16.8 Å². The van der Waals surface area contributed by atoms with Crippen molar-refractivity contribution < 1.29 is 16.8 Å². The molecule has 1 N–H and O–H groups in total. The molecule has 29 heavy (non-hydrogen) atoms. The van der Waals surface area contributed by atoms with E-state index in [4.69, 9.17) is 0 Å². The van der Waals surface area contributed by atoms with Crippen LogP contribution in [0, 0.1) is 0 Å². The van der Waals surface area contributed by atoms with E-state index in [2.05, 4.69) is 21.6 Å². The zero-order valence-corrected chi connectivity index (χ0v) is 18.7. The van der Waals surface area contributed by atoms with Crippen molar-refractivity contribution in [2.24, 2.45) is 0 Å². The van der Waals surface area contributed by atoms with Gasteiger partial charge < -0.3 is 9.80 Å². The van der Waals surface area contributed by atoms with Crippen molar-refractivity contribution in [1.82, 2.24) is 18.8 Å². The third-order valence-electron chi connectivity index (χ3n) is 5.63. The second-order valence-corrected chi connectivity index (χ2v) is 11.5. The summed E-state index contributed by atoms with van der Waals surface area (Å²) in [5.74, 6) is 0. The number of sulfonamides is 2. The molecule has 0 saturated carbocycles. The van der Waals surface area contributed by atoms with Gasteiger partial charge in [-0.3, -0.25) is 0 Å².